The standard InChI is InChI=1S/C17H24N4O/c1-20-12-14(11-19-20)10-18-17-5-3-2-4-15(17)13-21-8-6-16(22)7-9-21/h2-5,11-12,16,18,22H,6-10,13H2,1H3. The third-order valence-electron chi connectivity index (χ3n) is 4.21. The molecule has 0 amide bonds. The van der Waals surface area contributed by atoms with Crippen molar-refractivity contribution in [3.05, 3.63) is 47.8 Å². The van der Waals surface area contributed by atoms with Gasteiger partial charge in [0.25, 0.3) is 0 Å². The predicted octanol–water partition coefficient (Wildman–Crippen LogP) is 1.99. The van der Waals surface area contributed by atoms with Gasteiger partial charge in [-0.25, -0.2) is 0 Å². The SMILES string of the molecule is Cn1cc(CNc2ccccc2CN2CCC(O)CC2)cn1. The van der Waals surface area contributed by atoms with Crippen LogP contribution in [-0.2, 0) is 20.1 Å². The summed E-state index contributed by atoms with van der Waals surface area (Å²) in [5.74, 6) is 0. The van der Waals surface area contributed by atoms with Gasteiger partial charge in [0, 0.05) is 50.7 Å². The van der Waals surface area contributed by atoms with Crippen molar-refractivity contribution < 1.29 is 5.11 Å². The van der Waals surface area contributed by atoms with Gasteiger partial charge in [-0.15, -0.1) is 0 Å². The molecule has 0 aliphatic carbocycles. The van der Waals surface area contributed by atoms with Gasteiger partial charge in [-0.1, -0.05) is 18.2 Å². The minimum atomic E-state index is -0.116. The zero-order valence-corrected chi connectivity index (χ0v) is 13.1. The van der Waals surface area contributed by atoms with E-state index in [0.29, 0.717) is 0 Å². The van der Waals surface area contributed by atoms with Crippen LogP contribution in [0.1, 0.15) is 24.0 Å². The molecule has 2 aromatic rings. The second-order valence-corrected chi connectivity index (χ2v) is 6.04. The first-order valence-corrected chi connectivity index (χ1v) is 7.90. The molecule has 2 heterocycles. The van der Waals surface area contributed by atoms with Gasteiger partial charge in [-0.3, -0.25) is 9.58 Å². The van der Waals surface area contributed by atoms with Crippen LogP contribution in [0.25, 0.3) is 0 Å². The lowest BCUT2D eigenvalue weighted by Crippen LogP contribution is -2.35. The Morgan fingerprint density at radius 1 is 1.27 bits per heavy atom. The Hall–Kier alpha value is -1.85. The number of para-hydroxylation sites is 1. The van der Waals surface area contributed by atoms with Gasteiger partial charge in [0.1, 0.15) is 0 Å². The number of hydrogen-bond acceptors (Lipinski definition) is 4. The van der Waals surface area contributed by atoms with Crippen LogP contribution in [0.15, 0.2) is 36.7 Å². The molecule has 1 aliphatic rings. The summed E-state index contributed by atoms with van der Waals surface area (Å²) in [5.41, 5.74) is 3.67. The molecule has 5 nitrogen and oxygen atoms in total. The lowest BCUT2D eigenvalue weighted by Gasteiger charge is -2.30. The van der Waals surface area contributed by atoms with E-state index >= 15 is 0 Å². The fourth-order valence-corrected chi connectivity index (χ4v) is 2.91. The van der Waals surface area contributed by atoms with Gasteiger partial charge < -0.3 is 10.4 Å². The average molecular weight is 300 g/mol. The molecule has 3 rings (SSSR count). The third kappa shape index (κ3) is 3.87. The maximum Gasteiger partial charge on any atom is 0.0564 e. The predicted molar refractivity (Wildman–Crippen MR) is 87.5 cm³/mol. The lowest BCUT2D eigenvalue weighted by atomic mass is 10.1. The van der Waals surface area contributed by atoms with Crippen LogP contribution < -0.4 is 5.32 Å². The smallest absolute Gasteiger partial charge is 0.0564 e. The normalized spacial score (nSPS) is 16.8. The highest BCUT2D eigenvalue weighted by Gasteiger charge is 2.17. The Morgan fingerprint density at radius 3 is 2.77 bits per heavy atom. The van der Waals surface area contributed by atoms with E-state index in [4.69, 9.17) is 0 Å². The molecule has 1 aromatic carbocycles. The minimum absolute atomic E-state index is 0.116. The number of aromatic nitrogens is 2. The van der Waals surface area contributed by atoms with Gasteiger partial charge in [-0.2, -0.15) is 5.10 Å². The quantitative estimate of drug-likeness (QED) is 0.887. The molecular weight excluding hydrogens is 276 g/mol. The Labute approximate surface area is 131 Å². The van der Waals surface area contributed by atoms with Crippen LogP contribution in [0.5, 0.6) is 0 Å². The van der Waals surface area contributed by atoms with Crippen molar-refractivity contribution in [1.29, 1.82) is 0 Å². The van der Waals surface area contributed by atoms with E-state index in [2.05, 4.69) is 39.6 Å². The lowest BCUT2D eigenvalue weighted by molar-refractivity contribution is 0.0793. The Balaban J connectivity index is 1.62. The fourth-order valence-electron chi connectivity index (χ4n) is 2.91. The van der Waals surface area contributed by atoms with E-state index in [9.17, 15) is 5.11 Å². The first-order valence-electron chi connectivity index (χ1n) is 7.90. The topological polar surface area (TPSA) is 53.3 Å². The van der Waals surface area contributed by atoms with Crippen LogP contribution in [-0.4, -0.2) is 39.0 Å². The summed E-state index contributed by atoms with van der Waals surface area (Å²) in [7, 11) is 1.93. The number of hydrogen-bond donors (Lipinski definition) is 2. The van der Waals surface area contributed by atoms with Crippen LogP contribution in [0, 0.1) is 0 Å². The van der Waals surface area contributed by atoms with E-state index < -0.39 is 0 Å². The summed E-state index contributed by atoms with van der Waals surface area (Å²) in [4.78, 5) is 2.41. The first-order chi connectivity index (χ1) is 10.7. The summed E-state index contributed by atoms with van der Waals surface area (Å²) >= 11 is 0. The Kier molecular flexibility index (Phi) is 4.75. The number of aliphatic hydroxyl groups is 1. The number of anilines is 1. The van der Waals surface area contributed by atoms with Crippen LogP contribution in [0.4, 0.5) is 5.69 Å². The zero-order valence-electron chi connectivity index (χ0n) is 13.1. The van der Waals surface area contributed by atoms with Gasteiger partial charge in [0.15, 0.2) is 0 Å². The number of aliphatic hydroxyl groups excluding tert-OH is 1. The maximum absolute atomic E-state index is 9.61. The number of benzene rings is 1. The molecule has 0 bridgehead atoms. The third-order valence-corrected chi connectivity index (χ3v) is 4.21. The van der Waals surface area contributed by atoms with E-state index in [-0.39, 0.29) is 6.10 Å². The number of nitrogens with one attached hydrogen (secondary N) is 1. The number of piperidine rings is 1. The number of nitrogens with zero attached hydrogens (tertiary/aromatic N) is 3. The molecule has 5 heteroatoms. The molecule has 0 atom stereocenters. The van der Waals surface area contributed by atoms with E-state index in [1.165, 1.54) is 16.8 Å². The van der Waals surface area contributed by atoms with E-state index in [1.54, 1.807) is 0 Å². The molecule has 1 saturated heterocycles. The summed E-state index contributed by atoms with van der Waals surface area (Å²) < 4.78 is 1.82. The van der Waals surface area contributed by atoms with Gasteiger partial charge in [0.05, 0.1) is 12.3 Å². The fraction of sp³-hybridized carbons (Fsp3) is 0.471. The van der Waals surface area contributed by atoms with Crippen LogP contribution in [0.3, 0.4) is 0 Å². The minimum Gasteiger partial charge on any atom is -0.393 e. The molecule has 0 radical (unpaired) electrons. The molecule has 1 aliphatic heterocycles. The molecule has 1 aromatic heterocycles. The van der Waals surface area contributed by atoms with Gasteiger partial charge in [-0.05, 0) is 24.5 Å². The maximum atomic E-state index is 9.61. The van der Waals surface area contributed by atoms with Gasteiger partial charge >= 0.3 is 0 Å². The second kappa shape index (κ2) is 6.94. The van der Waals surface area contributed by atoms with E-state index in [0.717, 1.165) is 39.0 Å². The zero-order chi connectivity index (χ0) is 15.4. The summed E-state index contributed by atoms with van der Waals surface area (Å²) in [5, 5.41) is 17.3. The van der Waals surface area contributed by atoms with Crippen molar-refractivity contribution >= 4 is 5.69 Å². The monoisotopic (exact) mass is 300 g/mol. The summed E-state index contributed by atoms with van der Waals surface area (Å²) in [6.45, 7) is 3.66. The van der Waals surface area contributed by atoms with Crippen molar-refractivity contribution in [2.45, 2.75) is 32.0 Å². The van der Waals surface area contributed by atoms with Gasteiger partial charge in [0.2, 0.25) is 0 Å². The number of rotatable bonds is 5. The molecular formula is C17H24N4O. The summed E-state index contributed by atoms with van der Waals surface area (Å²) in [6, 6.07) is 8.46. The Bertz CT molecular complexity index is 602. The van der Waals surface area contributed by atoms with Crippen molar-refractivity contribution in [2.75, 3.05) is 18.4 Å². The van der Waals surface area contributed by atoms with E-state index in [1.807, 2.05) is 24.1 Å². The van der Waals surface area contributed by atoms with Crippen molar-refractivity contribution in [3.8, 4) is 0 Å². The number of aryl methyl sites for hydroxylation is 1. The van der Waals surface area contributed by atoms with Crippen molar-refractivity contribution in [2.24, 2.45) is 7.05 Å². The first kappa shape index (κ1) is 15.1. The van der Waals surface area contributed by atoms with Crippen LogP contribution in [0.2, 0.25) is 0 Å². The summed E-state index contributed by atoms with van der Waals surface area (Å²) in [6.07, 6.45) is 5.56. The molecule has 0 spiro atoms. The molecule has 0 saturated carbocycles. The van der Waals surface area contributed by atoms with Crippen molar-refractivity contribution in [3.63, 3.8) is 0 Å². The highest BCUT2D eigenvalue weighted by atomic mass is 16.3. The molecule has 2 N–H and O–H groups in total. The molecule has 0 unspecified atom stereocenters. The van der Waals surface area contributed by atoms with Crippen LogP contribution >= 0.6 is 0 Å². The molecule has 1 fully saturated rings. The number of likely N-dealkylation sites (tertiary alicyclic amines) is 1. The second-order valence-electron chi connectivity index (χ2n) is 6.04. The molecule has 118 valence electrons. The molecule has 22 heavy (non-hydrogen) atoms. The highest BCUT2D eigenvalue weighted by molar-refractivity contribution is 5.51. The average Bonchev–Trinajstić information content (AvgIpc) is 2.94. The largest absolute Gasteiger partial charge is 0.393 e. The Morgan fingerprint density at radius 2 is 2.05 bits per heavy atom. The highest BCUT2D eigenvalue weighted by Crippen LogP contribution is 2.20. The van der Waals surface area contributed by atoms with Crippen molar-refractivity contribution in [1.82, 2.24) is 14.7 Å².